The molecule has 4 heteroatoms. The van der Waals surface area contributed by atoms with Crippen LogP contribution in [0.15, 0.2) is 41.5 Å². The first-order valence-electron chi connectivity index (χ1n) is 5.84. The zero-order chi connectivity index (χ0) is 13.1. The van der Waals surface area contributed by atoms with Crippen molar-refractivity contribution in [1.82, 2.24) is 9.55 Å². The highest BCUT2D eigenvalue weighted by atomic mass is 16.3. The van der Waals surface area contributed by atoms with Crippen molar-refractivity contribution in [2.45, 2.75) is 26.5 Å². The standard InChI is InChI=1S/C14H16N2O2/c1-10-4-5-12(8-11(10)2)13(17)9-16-7-3-6-15-14(16)18/h3-8,13,17H,9H2,1-2H3. The molecule has 0 bridgehead atoms. The van der Waals surface area contributed by atoms with Gasteiger partial charge in [0.25, 0.3) is 0 Å². The summed E-state index contributed by atoms with van der Waals surface area (Å²) in [5, 5.41) is 10.1. The second-order valence-electron chi connectivity index (χ2n) is 4.41. The van der Waals surface area contributed by atoms with E-state index >= 15 is 0 Å². The first-order chi connectivity index (χ1) is 8.58. The molecule has 0 saturated carbocycles. The molecule has 1 unspecified atom stereocenters. The number of aryl methyl sites for hydroxylation is 2. The number of nitrogens with zero attached hydrogens (tertiary/aromatic N) is 2. The number of hydrogen-bond donors (Lipinski definition) is 1. The number of benzene rings is 1. The monoisotopic (exact) mass is 244 g/mol. The Balaban J connectivity index is 2.22. The van der Waals surface area contributed by atoms with Gasteiger partial charge in [-0.3, -0.25) is 4.57 Å². The van der Waals surface area contributed by atoms with Gasteiger partial charge in [-0.05, 0) is 36.6 Å². The topological polar surface area (TPSA) is 55.1 Å². The average Bonchev–Trinajstić information content (AvgIpc) is 2.35. The highest BCUT2D eigenvalue weighted by Crippen LogP contribution is 2.18. The maximum absolute atomic E-state index is 11.4. The zero-order valence-corrected chi connectivity index (χ0v) is 10.5. The third-order valence-corrected chi connectivity index (χ3v) is 3.07. The Hall–Kier alpha value is -1.94. The molecule has 2 aromatic rings. The summed E-state index contributed by atoms with van der Waals surface area (Å²) in [6.07, 6.45) is 2.37. The molecule has 1 aromatic heterocycles. The lowest BCUT2D eigenvalue weighted by molar-refractivity contribution is 0.154. The molecule has 1 aromatic carbocycles. The van der Waals surface area contributed by atoms with E-state index in [4.69, 9.17) is 0 Å². The van der Waals surface area contributed by atoms with Crippen molar-refractivity contribution >= 4 is 0 Å². The molecule has 1 N–H and O–H groups in total. The maximum atomic E-state index is 11.4. The van der Waals surface area contributed by atoms with Gasteiger partial charge in [-0.1, -0.05) is 18.2 Å². The van der Waals surface area contributed by atoms with Crippen molar-refractivity contribution in [2.75, 3.05) is 0 Å². The van der Waals surface area contributed by atoms with Crippen molar-refractivity contribution in [1.29, 1.82) is 0 Å². The van der Waals surface area contributed by atoms with Gasteiger partial charge in [0.1, 0.15) is 0 Å². The van der Waals surface area contributed by atoms with Gasteiger partial charge >= 0.3 is 5.69 Å². The smallest absolute Gasteiger partial charge is 0.347 e. The molecule has 0 spiro atoms. The fraction of sp³-hybridized carbons (Fsp3) is 0.286. The molecular formula is C14H16N2O2. The molecule has 0 radical (unpaired) electrons. The number of rotatable bonds is 3. The van der Waals surface area contributed by atoms with E-state index in [0.29, 0.717) is 0 Å². The Bertz CT molecular complexity index is 605. The lowest BCUT2D eigenvalue weighted by Gasteiger charge is -2.13. The third kappa shape index (κ3) is 2.65. The van der Waals surface area contributed by atoms with E-state index in [0.717, 1.165) is 11.1 Å². The van der Waals surface area contributed by atoms with E-state index in [9.17, 15) is 9.90 Å². The Morgan fingerprint density at radius 3 is 2.78 bits per heavy atom. The minimum Gasteiger partial charge on any atom is -0.387 e. The Morgan fingerprint density at radius 2 is 2.11 bits per heavy atom. The van der Waals surface area contributed by atoms with Gasteiger partial charge in [-0.25, -0.2) is 9.78 Å². The number of hydrogen-bond acceptors (Lipinski definition) is 3. The molecule has 0 aliphatic rings. The highest BCUT2D eigenvalue weighted by Gasteiger charge is 2.10. The van der Waals surface area contributed by atoms with E-state index in [1.54, 1.807) is 12.3 Å². The van der Waals surface area contributed by atoms with Gasteiger partial charge < -0.3 is 5.11 Å². The van der Waals surface area contributed by atoms with Crippen molar-refractivity contribution in [3.8, 4) is 0 Å². The number of aliphatic hydroxyl groups is 1. The minimum atomic E-state index is -0.703. The van der Waals surface area contributed by atoms with Crippen LogP contribution in [0.2, 0.25) is 0 Å². The molecule has 1 atom stereocenters. The lowest BCUT2D eigenvalue weighted by Crippen LogP contribution is -2.24. The van der Waals surface area contributed by atoms with Crippen LogP contribution in [0.1, 0.15) is 22.8 Å². The number of aliphatic hydroxyl groups excluding tert-OH is 1. The number of aromatic nitrogens is 2. The largest absolute Gasteiger partial charge is 0.387 e. The van der Waals surface area contributed by atoms with Crippen LogP contribution in [-0.2, 0) is 6.54 Å². The van der Waals surface area contributed by atoms with Crippen molar-refractivity contribution in [3.63, 3.8) is 0 Å². The third-order valence-electron chi connectivity index (χ3n) is 3.07. The van der Waals surface area contributed by atoms with Crippen LogP contribution in [0.25, 0.3) is 0 Å². The van der Waals surface area contributed by atoms with Crippen molar-refractivity contribution in [2.24, 2.45) is 0 Å². The normalized spacial score (nSPS) is 12.4. The fourth-order valence-corrected chi connectivity index (χ4v) is 1.79. The van der Waals surface area contributed by atoms with Crippen molar-refractivity contribution < 1.29 is 5.11 Å². The second kappa shape index (κ2) is 5.14. The first-order valence-corrected chi connectivity index (χ1v) is 5.84. The van der Waals surface area contributed by atoms with Gasteiger partial charge in [0.15, 0.2) is 0 Å². The summed E-state index contributed by atoms with van der Waals surface area (Å²) < 4.78 is 1.40. The summed E-state index contributed by atoms with van der Waals surface area (Å²) in [5.74, 6) is 0. The maximum Gasteiger partial charge on any atom is 0.347 e. The first kappa shape index (κ1) is 12.5. The van der Waals surface area contributed by atoms with E-state index in [1.165, 1.54) is 16.3 Å². The second-order valence-corrected chi connectivity index (χ2v) is 4.41. The molecule has 0 aliphatic carbocycles. The van der Waals surface area contributed by atoms with Crippen LogP contribution < -0.4 is 5.69 Å². The summed E-state index contributed by atoms with van der Waals surface area (Å²) in [5.41, 5.74) is 2.78. The van der Waals surface area contributed by atoms with Crippen LogP contribution >= 0.6 is 0 Å². The Labute approximate surface area is 106 Å². The highest BCUT2D eigenvalue weighted by molar-refractivity contribution is 5.31. The van der Waals surface area contributed by atoms with Crippen LogP contribution in [0, 0.1) is 13.8 Å². The summed E-state index contributed by atoms with van der Waals surface area (Å²) in [7, 11) is 0. The van der Waals surface area contributed by atoms with Crippen molar-refractivity contribution in [3.05, 3.63) is 63.8 Å². The molecule has 1 heterocycles. The van der Waals surface area contributed by atoms with Gasteiger partial charge in [-0.15, -0.1) is 0 Å². The Morgan fingerprint density at radius 1 is 1.33 bits per heavy atom. The molecule has 0 aliphatic heterocycles. The predicted molar refractivity (Wildman–Crippen MR) is 69.4 cm³/mol. The molecule has 0 amide bonds. The molecule has 4 nitrogen and oxygen atoms in total. The fourth-order valence-electron chi connectivity index (χ4n) is 1.79. The molecule has 0 fully saturated rings. The van der Waals surface area contributed by atoms with Crippen LogP contribution in [-0.4, -0.2) is 14.7 Å². The van der Waals surface area contributed by atoms with E-state index < -0.39 is 6.10 Å². The van der Waals surface area contributed by atoms with Crippen LogP contribution in [0.4, 0.5) is 0 Å². The van der Waals surface area contributed by atoms with Gasteiger partial charge in [0.05, 0.1) is 12.6 Å². The van der Waals surface area contributed by atoms with E-state index in [1.807, 2.05) is 32.0 Å². The minimum absolute atomic E-state index is 0.217. The lowest BCUT2D eigenvalue weighted by atomic mass is 10.0. The zero-order valence-electron chi connectivity index (χ0n) is 10.5. The molecular weight excluding hydrogens is 228 g/mol. The summed E-state index contributed by atoms with van der Waals surface area (Å²) >= 11 is 0. The van der Waals surface area contributed by atoms with E-state index in [-0.39, 0.29) is 12.2 Å². The van der Waals surface area contributed by atoms with E-state index in [2.05, 4.69) is 4.98 Å². The molecule has 0 saturated heterocycles. The average molecular weight is 244 g/mol. The molecule has 94 valence electrons. The molecule has 18 heavy (non-hydrogen) atoms. The van der Waals surface area contributed by atoms with Gasteiger partial charge in [0.2, 0.25) is 0 Å². The van der Waals surface area contributed by atoms with Gasteiger partial charge in [0, 0.05) is 12.4 Å². The summed E-state index contributed by atoms with van der Waals surface area (Å²) in [4.78, 5) is 15.1. The Kier molecular flexibility index (Phi) is 3.58. The molecule has 2 rings (SSSR count). The van der Waals surface area contributed by atoms with Gasteiger partial charge in [-0.2, -0.15) is 0 Å². The van der Waals surface area contributed by atoms with Crippen LogP contribution in [0.5, 0.6) is 0 Å². The summed E-state index contributed by atoms with van der Waals surface area (Å²) in [6.45, 7) is 4.24. The van der Waals surface area contributed by atoms with Crippen LogP contribution in [0.3, 0.4) is 0 Å². The SMILES string of the molecule is Cc1ccc(C(O)Cn2cccnc2=O)cc1C. The predicted octanol–water partition coefficient (Wildman–Crippen LogP) is 1.59. The quantitative estimate of drug-likeness (QED) is 0.892. The summed E-state index contributed by atoms with van der Waals surface area (Å²) in [6, 6.07) is 7.48.